The second-order valence-corrected chi connectivity index (χ2v) is 3.18. The van der Waals surface area contributed by atoms with E-state index in [9.17, 15) is 8.78 Å². The lowest BCUT2D eigenvalue weighted by molar-refractivity contribution is 0.252. The Morgan fingerprint density at radius 2 is 2.27 bits per heavy atom. The molecule has 0 fully saturated rings. The largest absolute Gasteiger partial charge is 0.332 e. The average molecular weight is 199 g/mol. The summed E-state index contributed by atoms with van der Waals surface area (Å²) in [4.78, 5) is 6.36. The molecule has 0 amide bonds. The summed E-state index contributed by atoms with van der Waals surface area (Å²) < 4.78 is 23.5. The lowest BCUT2D eigenvalue weighted by atomic mass is 10.8. The van der Waals surface area contributed by atoms with E-state index in [1.807, 2.05) is 0 Å². The minimum absolute atomic E-state index is 0.152. The SMILES string of the molecule is Cc1nc(SC(F)F)c(Cl)[nH]1. The third-order valence-electron chi connectivity index (χ3n) is 0.948. The van der Waals surface area contributed by atoms with Gasteiger partial charge in [0.1, 0.15) is 16.0 Å². The Kier molecular flexibility index (Phi) is 2.72. The summed E-state index contributed by atoms with van der Waals surface area (Å²) in [6, 6.07) is 0. The van der Waals surface area contributed by atoms with Crippen LogP contribution < -0.4 is 0 Å². The van der Waals surface area contributed by atoms with E-state index in [-0.39, 0.29) is 10.2 Å². The number of aromatic amines is 1. The molecule has 0 atom stereocenters. The van der Waals surface area contributed by atoms with E-state index in [2.05, 4.69) is 9.97 Å². The number of nitrogens with one attached hydrogen (secondary N) is 1. The second kappa shape index (κ2) is 3.40. The number of aromatic nitrogens is 2. The summed E-state index contributed by atoms with van der Waals surface area (Å²) in [6.45, 7) is 1.65. The smallest absolute Gasteiger partial charge is 0.290 e. The van der Waals surface area contributed by atoms with Crippen LogP contribution in [0.1, 0.15) is 5.82 Å². The van der Waals surface area contributed by atoms with Gasteiger partial charge in [-0.15, -0.1) is 0 Å². The second-order valence-electron chi connectivity index (χ2n) is 1.82. The molecule has 1 N–H and O–H groups in total. The van der Waals surface area contributed by atoms with E-state index in [1.165, 1.54) is 0 Å². The first kappa shape index (κ1) is 8.80. The van der Waals surface area contributed by atoms with E-state index in [1.54, 1.807) is 6.92 Å². The van der Waals surface area contributed by atoms with Gasteiger partial charge in [0.05, 0.1) is 0 Å². The van der Waals surface area contributed by atoms with Crippen molar-refractivity contribution in [3.8, 4) is 0 Å². The number of halogens is 3. The number of H-pyrrole nitrogens is 1. The van der Waals surface area contributed by atoms with Gasteiger partial charge in [0, 0.05) is 0 Å². The number of rotatable bonds is 2. The van der Waals surface area contributed by atoms with Gasteiger partial charge in [-0.25, -0.2) is 4.98 Å². The Morgan fingerprint density at radius 3 is 2.64 bits per heavy atom. The average Bonchev–Trinajstić information content (AvgIpc) is 2.09. The van der Waals surface area contributed by atoms with Crippen LogP contribution in [0.5, 0.6) is 0 Å². The maximum atomic E-state index is 11.8. The molecule has 0 radical (unpaired) electrons. The fourth-order valence-electron chi connectivity index (χ4n) is 0.604. The highest BCUT2D eigenvalue weighted by Gasteiger charge is 2.12. The van der Waals surface area contributed by atoms with Gasteiger partial charge < -0.3 is 4.98 Å². The van der Waals surface area contributed by atoms with Crippen LogP contribution in [-0.4, -0.2) is 15.7 Å². The molecule has 11 heavy (non-hydrogen) atoms. The van der Waals surface area contributed by atoms with Gasteiger partial charge in [-0.2, -0.15) is 8.78 Å². The molecule has 0 saturated carbocycles. The van der Waals surface area contributed by atoms with Gasteiger partial charge in [-0.3, -0.25) is 0 Å². The Bertz CT molecular complexity index is 251. The molecule has 0 spiro atoms. The number of alkyl halides is 2. The molecule has 0 aromatic carbocycles. The number of imidazole rings is 1. The minimum atomic E-state index is -2.48. The molecule has 62 valence electrons. The van der Waals surface area contributed by atoms with Crippen molar-refractivity contribution in [2.24, 2.45) is 0 Å². The van der Waals surface area contributed by atoms with Crippen molar-refractivity contribution >= 4 is 23.4 Å². The first-order valence-electron chi connectivity index (χ1n) is 2.76. The lowest BCUT2D eigenvalue weighted by Gasteiger charge is -1.92. The van der Waals surface area contributed by atoms with Crippen LogP contribution in [0, 0.1) is 6.92 Å². The molecular formula is C5H5ClF2N2S. The first-order chi connectivity index (χ1) is 5.09. The van der Waals surface area contributed by atoms with Crippen LogP contribution in [0.2, 0.25) is 5.15 Å². The normalized spacial score (nSPS) is 11.0. The Balaban J connectivity index is 2.77. The third-order valence-corrected chi connectivity index (χ3v) is 2.03. The maximum Gasteiger partial charge on any atom is 0.290 e. The molecule has 0 aliphatic rings. The first-order valence-corrected chi connectivity index (χ1v) is 4.02. The van der Waals surface area contributed by atoms with Gasteiger partial charge in [0.2, 0.25) is 0 Å². The fraction of sp³-hybridized carbons (Fsp3) is 0.400. The molecular weight excluding hydrogens is 194 g/mol. The summed E-state index contributed by atoms with van der Waals surface area (Å²) >= 11 is 5.86. The van der Waals surface area contributed by atoms with Crippen LogP contribution >= 0.6 is 23.4 Å². The zero-order chi connectivity index (χ0) is 8.43. The van der Waals surface area contributed by atoms with E-state index >= 15 is 0 Å². The maximum absolute atomic E-state index is 11.8. The monoisotopic (exact) mass is 198 g/mol. The standard InChI is InChI=1S/C5H5ClF2N2S/c1-2-9-3(6)4(10-2)11-5(7)8/h5H,1H3,(H,9,10). The summed E-state index contributed by atoms with van der Waals surface area (Å²) in [6.07, 6.45) is 0. The number of aryl methyl sites for hydroxylation is 1. The molecule has 0 saturated heterocycles. The van der Waals surface area contributed by atoms with Crippen molar-refractivity contribution in [3.63, 3.8) is 0 Å². The molecule has 6 heteroatoms. The molecule has 1 heterocycles. The number of thioether (sulfide) groups is 1. The van der Waals surface area contributed by atoms with Crippen LogP contribution in [0.3, 0.4) is 0 Å². The Labute approximate surface area is 71.3 Å². The van der Waals surface area contributed by atoms with Crippen molar-refractivity contribution in [1.29, 1.82) is 0 Å². The summed E-state index contributed by atoms with van der Waals surface area (Å²) in [5, 5.41) is 0.326. The van der Waals surface area contributed by atoms with Crippen molar-refractivity contribution in [3.05, 3.63) is 11.0 Å². The lowest BCUT2D eigenvalue weighted by Crippen LogP contribution is -1.81. The van der Waals surface area contributed by atoms with Gasteiger partial charge in [-0.1, -0.05) is 11.6 Å². The van der Waals surface area contributed by atoms with Crippen LogP contribution in [0.4, 0.5) is 8.78 Å². The Hall–Kier alpha value is -0.290. The van der Waals surface area contributed by atoms with Gasteiger partial charge in [-0.05, 0) is 18.7 Å². The molecule has 2 nitrogen and oxygen atoms in total. The fourth-order valence-corrected chi connectivity index (χ4v) is 1.43. The zero-order valence-electron chi connectivity index (χ0n) is 5.57. The molecule has 0 unspecified atom stereocenters. The van der Waals surface area contributed by atoms with E-state index < -0.39 is 5.76 Å². The molecule has 0 aliphatic carbocycles. The highest BCUT2D eigenvalue weighted by atomic mass is 35.5. The molecule has 1 aromatic rings. The topological polar surface area (TPSA) is 28.7 Å². The summed E-state index contributed by atoms with van der Waals surface area (Å²) in [5.74, 6) is -1.94. The van der Waals surface area contributed by atoms with Crippen LogP contribution in [-0.2, 0) is 0 Å². The predicted molar refractivity (Wildman–Crippen MR) is 40.2 cm³/mol. The van der Waals surface area contributed by atoms with Gasteiger partial charge in [0.15, 0.2) is 0 Å². The van der Waals surface area contributed by atoms with Crippen molar-refractivity contribution in [1.82, 2.24) is 9.97 Å². The van der Waals surface area contributed by atoms with Gasteiger partial charge in [0.25, 0.3) is 5.76 Å². The highest BCUT2D eigenvalue weighted by molar-refractivity contribution is 7.99. The number of nitrogens with zero attached hydrogens (tertiary/aromatic N) is 1. The summed E-state index contributed by atoms with van der Waals surface area (Å²) in [5.41, 5.74) is 0. The summed E-state index contributed by atoms with van der Waals surface area (Å²) in [7, 11) is 0. The van der Waals surface area contributed by atoms with Crippen molar-refractivity contribution in [2.75, 3.05) is 0 Å². The van der Waals surface area contributed by atoms with Gasteiger partial charge >= 0.3 is 0 Å². The van der Waals surface area contributed by atoms with E-state index in [4.69, 9.17) is 11.6 Å². The number of hydrogen-bond donors (Lipinski definition) is 1. The van der Waals surface area contributed by atoms with Crippen LogP contribution in [0.15, 0.2) is 5.03 Å². The van der Waals surface area contributed by atoms with Crippen LogP contribution in [0.25, 0.3) is 0 Å². The third kappa shape index (κ3) is 2.34. The zero-order valence-corrected chi connectivity index (χ0v) is 7.14. The highest BCUT2D eigenvalue weighted by Crippen LogP contribution is 2.29. The van der Waals surface area contributed by atoms with E-state index in [0.717, 1.165) is 0 Å². The molecule has 1 rings (SSSR count). The molecule has 0 bridgehead atoms. The number of hydrogen-bond acceptors (Lipinski definition) is 2. The predicted octanol–water partition coefficient (Wildman–Crippen LogP) is 2.69. The molecule has 1 aromatic heterocycles. The van der Waals surface area contributed by atoms with Crippen molar-refractivity contribution < 1.29 is 8.78 Å². The quantitative estimate of drug-likeness (QED) is 0.741. The Morgan fingerprint density at radius 1 is 1.64 bits per heavy atom. The molecule has 0 aliphatic heterocycles. The van der Waals surface area contributed by atoms with E-state index in [0.29, 0.717) is 17.6 Å². The minimum Gasteiger partial charge on any atom is -0.332 e. The van der Waals surface area contributed by atoms with Crippen molar-refractivity contribution in [2.45, 2.75) is 17.7 Å².